The summed E-state index contributed by atoms with van der Waals surface area (Å²) in [6, 6.07) is 18.7. The maximum Gasteiger partial charge on any atom is 0.316 e. The Kier molecular flexibility index (Phi) is 5.73. The molecule has 2 rings (SSSR count). The molecule has 2 aromatic carbocycles. The van der Waals surface area contributed by atoms with E-state index in [-0.39, 0.29) is 29.0 Å². The van der Waals surface area contributed by atoms with Crippen LogP contribution in [0.1, 0.15) is 5.56 Å². The highest BCUT2D eigenvalue weighted by Gasteiger charge is 2.05. The molecule has 84 valence electrons. The fraction of sp³-hybridized carbons (Fsp3) is 0.0714. The smallest absolute Gasteiger partial charge is 0.316 e. The van der Waals surface area contributed by atoms with Gasteiger partial charge in [-0.3, -0.25) is 4.79 Å². The first-order chi connectivity index (χ1) is 7.84. The summed E-state index contributed by atoms with van der Waals surface area (Å²) in [5, 5.41) is 0. The summed E-state index contributed by atoms with van der Waals surface area (Å²) in [5.41, 5.74) is 0.962. The van der Waals surface area contributed by atoms with Crippen LogP contribution >= 0.6 is 0 Å². The van der Waals surface area contributed by atoms with Gasteiger partial charge in [0.25, 0.3) is 0 Å². The molecule has 0 saturated heterocycles. The zero-order valence-electron chi connectivity index (χ0n) is 8.80. The highest BCUT2D eigenvalue weighted by molar-refractivity contribution is 5.75. The van der Waals surface area contributed by atoms with Crippen LogP contribution in [0.4, 0.5) is 0 Å². The number of hydrogen-bond acceptors (Lipinski definition) is 2. The Labute approximate surface area is 117 Å². The van der Waals surface area contributed by atoms with Crippen LogP contribution in [0.3, 0.4) is 0 Å². The molecule has 2 nitrogen and oxygen atoms in total. The van der Waals surface area contributed by atoms with Gasteiger partial charge in [-0.05, 0) is 17.7 Å². The minimum Gasteiger partial charge on any atom is -0.426 e. The van der Waals surface area contributed by atoms with Crippen molar-refractivity contribution in [2.75, 3.05) is 0 Å². The van der Waals surface area contributed by atoms with Gasteiger partial charge in [-0.1, -0.05) is 48.5 Å². The van der Waals surface area contributed by atoms with Crippen LogP contribution in [0.25, 0.3) is 0 Å². The Morgan fingerprint density at radius 2 is 1.41 bits per heavy atom. The van der Waals surface area contributed by atoms with Crippen LogP contribution in [0.15, 0.2) is 60.7 Å². The Morgan fingerprint density at radius 1 is 0.882 bits per heavy atom. The molecular formula is C14H14MgO2. The number of benzene rings is 2. The normalized spacial score (nSPS) is 9.18. The first kappa shape index (κ1) is 13.7. The number of hydrogen-bond donors (Lipinski definition) is 0. The molecule has 0 unspecified atom stereocenters. The van der Waals surface area contributed by atoms with Gasteiger partial charge in [-0.25, -0.2) is 0 Å². The molecule has 0 aliphatic rings. The van der Waals surface area contributed by atoms with Gasteiger partial charge in [-0.2, -0.15) is 0 Å². The maximum absolute atomic E-state index is 11.6. The van der Waals surface area contributed by atoms with Crippen molar-refractivity contribution < 1.29 is 9.53 Å². The van der Waals surface area contributed by atoms with Gasteiger partial charge in [-0.15, -0.1) is 0 Å². The molecule has 17 heavy (non-hydrogen) atoms. The van der Waals surface area contributed by atoms with E-state index >= 15 is 0 Å². The molecule has 0 aliphatic heterocycles. The third-order valence-electron chi connectivity index (χ3n) is 2.17. The molecule has 0 fully saturated rings. The number of esters is 1. The highest BCUT2D eigenvalue weighted by atomic mass is 24.3. The second-order valence-corrected chi connectivity index (χ2v) is 3.45. The summed E-state index contributed by atoms with van der Waals surface area (Å²) in [4.78, 5) is 11.6. The molecule has 0 aromatic heterocycles. The second kappa shape index (κ2) is 7.09. The van der Waals surface area contributed by atoms with Gasteiger partial charge < -0.3 is 4.74 Å². The molecule has 0 amide bonds. The average Bonchev–Trinajstić information content (AvgIpc) is 2.31. The van der Waals surface area contributed by atoms with Gasteiger partial charge in [0, 0.05) is 0 Å². The summed E-state index contributed by atoms with van der Waals surface area (Å²) in [5.74, 6) is 0.348. The van der Waals surface area contributed by atoms with E-state index in [1.807, 2.05) is 48.5 Å². The maximum atomic E-state index is 11.6. The zero-order chi connectivity index (χ0) is 11.2. The average molecular weight is 239 g/mol. The van der Waals surface area contributed by atoms with Crippen molar-refractivity contribution in [1.29, 1.82) is 0 Å². The van der Waals surface area contributed by atoms with Crippen LogP contribution in [0.2, 0.25) is 0 Å². The molecule has 0 saturated carbocycles. The lowest BCUT2D eigenvalue weighted by Gasteiger charge is -2.03. The van der Waals surface area contributed by atoms with Crippen molar-refractivity contribution in [2.45, 2.75) is 6.42 Å². The molecular weight excluding hydrogens is 224 g/mol. The van der Waals surface area contributed by atoms with E-state index in [0.717, 1.165) is 5.56 Å². The lowest BCUT2D eigenvalue weighted by molar-refractivity contribution is -0.133. The first-order valence-corrected chi connectivity index (χ1v) is 5.14. The zero-order valence-corrected chi connectivity index (χ0v) is 8.80. The molecule has 0 N–H and O–H groups in total. The van der Waals surface area contributed by atoms with E-state index in [0.29, 0.717) is 12.2 Å². The van der Waals surface area contributed by atoms with Gasteiger partial charge in [0.1, 0.15) is 5.75 Å². The lowest BCUT2D eigenvalue weighted by atomic mass is 10.2. The standard InChI is InChI=1S/C14H12O2.Mg.2H/c15-14(11-12-7-3-1-4-8-12)16-13-9-5-2-6-10-13;;;/h1-10H,11H2;;;. The molecule has 2 aromatic rings. The van der Waals surface area contributed by atoms with E-state index in [9.17, 15) is 4.79 Å². The van der Waals surface area contributed by atoms with Crippen molar-refractivity contribution in [1.82, 2.24) is 0 Å². The van der Waals surface area contributed by atoms with Crippen LogP contribution < -0.4 is 4.74 Å². The largest absolute Gasteiger partial charge is 0.426 e. The highest BCUT2D eigenvalue weighted by Crippen LogP contribution is 2.10. The summed E-state index contributed by atoms with van der Waals surface area (Å²) in [6.45, 7) is 0. The third kappa shape index (κ3) is 4.59. The lowest BCUT2D eigenvalue weighted by Crippen LogP contribution is -2.10. The van der Waals surface area contributed by atoms with Gasteiger partial charge in [0.2, 0.25) is 0 Å². The van der Waals surface area contributed by atoms with Crippen molar-refractivity contribution in [3.8, 4) is 5.75 Å². The minimum absolute atomic E-state index is 0. The molecule has 3 heteroatoms. The van der Waals surface area contributed by atoms with Crippen molar-refractivity contribution in [2.24, 2.45) is 0 Å². The molecule has 0 aliphatic carbocycles. The van der Waals surface area contributed by atoms with Crippen LogP contribution in [-0.2, 0) is 11.2 Å². The number of carbonyl (C=O) groups excluding carboxylic acids is 1. The molecule has 0 heterocycles. The van der Waals surface area contributed by atoms with E-state index < -0.39 is 0 Å². The Hall–Kier alpha value is -1.32. The van der Waals surface area contributed by atoms with Crippen LogP contribution in [0, 0.1) is 0 Å². The summed E-state index contributed by atoms with van der Waals surface area (Å²) < 4.78 is 5.18. The quantitative estimate of drug-likeness (QED) is 0.464. The summed E-state index contributed by atoms with van der Waals surface area (Å²) >= 11 is 0. The monoisotopic (exact) mass is 238 g/mol. The van der Waals surface area contributed by atoms with E-state index in [1.165, 1.54) is 0 Å². The van der Waals surface area contributed by atoms with Crippen LogP contribution in [-0.4, -0.2) is 29.0 Å². The molecule has 0 radical (unpaired) electrons. The molecule has 0 bridgehead atoms. The van der Waals surface area contributed by atoms with Crippen molar-refractivity contribution in [3.05, 3.63) is 66.2 Å². The van der Waals surface area contributed by atoms with E-state index in [1.54, 1.807) is 12.1 Å². The van der Waals surface area contributed by atoms with Gasteiger partial charge >= 0.3 is 29.0 Å². The number of carbonyl (C=O) groups is 1. The topological polar surface area (TPSA) is 26.3 Å². The summed E-state index contributed by atoms with van der Waals surface area (Å²) in [6.07, 6.45) is 0.301. The van der Waals surface area contributed by atoms with Crippen molar-refractivity contribution in [3.63, 3.8) is 0 Å². The molecule has 0 spiro atoms. The Balaban J connectivity index is 0.00000144. The van der Waals surface area contributed by atoms with Crippen molar-refractivity contribution >= 4 is 29.0 Å². The predicted molar refractivity (Wildman–Crippen MR) is 70.8 cm³/mol. The number of ether oxygens (including phenoxy) is 1. The van der Waals surface area contributed by atoms with E-state index in [4.69, 9.17) is 4.74 Å². The fourth-order valence-electron chi connectivity index (χ4n) is 1.42. The second-order valence-electron chi connectivity index (χ2n) is 3.45. The Morgan fingerprint density at radius 3 is 2.00 bits per heavy atom. The van der Waals surface area contributed by atoms with Gasteiger partial charge in [0.15, 0.2) is 0 Å². The number of rotatable bonds is 3. The fourth-order valence-corrected chi connectivity index (χ4v) is 1.42. The van der Waals surface area contributed by atoms with Gasteiger partial charge in [0.05, 0.1) is 6.42 Å². The minimum atomic E-state index is -0.239. The summed E-state index contributed by atoms with van der Waals surface area (Å²) in [7, 11) is 0. The Bertz CT molecular complexity index is 411. The number of para-hydroxylation sites is 1. The predicted octanol–water partition coefficient (Wildman–Crippen LogP) is 1.92. The molecule has 0 atom stereocenters. The van der Waals surface area contributed by atoms with E-state index in [2.05, 4.69) is 0 Å². The first-order valence-electron chi connectivity index (χ1n) is 5.14. The SMILES string of the molecule is O=C(Cc1ccccc1)Oc1ccccc1.[MgH2]. The third-order valence-corrected chi connectivity index (χ3v) is 2.17. The van der Waals surface area contributed by atoms with Crippen LogP contribution in [0.5, 0.6) is 5.75 Å².